The van der Waals surface area contributed by atoms with Gasteiger partial charge in [-0.15, -0.1) is 81.2 Å². The van der Waals surface area contributed by atoms with Gasteiger partial charge in [-0.3, -0.25) is 0 Å². The second-order valence-electron chi connectivity index (χ2n) is 5.32. The van der Waals surface area contributed by atoms with Crippen molar-refractivity contribution in [1.82, 2.24) is 0 Å². The first kappa shape index (κ1) is 31.5. The van der Waals surface area contributed by atoms with E-state index < -0.39 is 0 Å². The minimum atomic E-state index is 0. The van der Waals surface area contributed by atoms with Crippen LogP contribution in [0.2, 0.25) is 0 Å². The van der Waals surface area contributed by atoms with Crippen molar-refractivity contribution in [3.8, 4) is 0 Å². The van der Waals surface area contributed by atoms with Crippen molar-refractivity contribution < 1.29 is 51.0 Å². The largest absolute Gasteiger partial charge is 2.00 e. The Hall–Kier alpha value is -0.177. The minimum absolute atomic E-state index is 0. The van der Waals surface area contributed by atoms with Crippen LogP contribution in [0.15, 0.2) is 72.8 Å². The maximum absolute atomic E-state index is 4.08. The summed E-state index contributed by atoms with van der Waals surface area (Å²) in [6.07, 6.45) is 3.17. The maximum Gasteiger partial charge on any atom is 2.00 e. The number of fused-ring (bicyclic) bond motifs is 2. The zero-order chi connectivity index (χ0) is 17.9. The van der Waals surface area contributed by atoms with E-state index in [0.29, 0.717) is 0 Å². The molecule has 0 amide bonds. The Morgan fingerprint density at radius 2 is 0.889 bits per heavy atom. The normalized spacial score (nSPS) is 8.22. The second-order valence-corrected chi connectivity index (χ2v) is 5.32. The Labute approximate surface area is 206 Å². The molecule has 0 aliphatic rings. The van der Waals surface area contributed by atoms with Gasteiger partial charge in [0.25, 0.3) is 0 Å². The van der Waals surface area contributed by atoms with Crippen LogP contribution < -0.4 is 24.8 Å². The molecule has 4 aromatic carbocycles. The van der Waals surface area contributed by atoms with Gasteiger partial charge in [-0.25, -0.2) is 0 Å². The second kappa shape index (κ2) is 17.9. The molecule has 0 saturated carbocycles. The fourth-order valence-corrected chi connectivity index (χ4v) is 2.61. The van der Waals surface area contributed by atoms with Gasteiger partial charge in [0.05, 0.1) is 0 Å². The van der Waals surface area contributed by atoms with Crippen molar-refractivity contribution in [3.05, 3.63) is 83.9 Å². The standard InChI is InChI=1S/2C10H9.2CH4S.2ClH.Zr/c2*1-8-6-9-4-2-3-5-10(9)7-8;2*1-2;;;/h2*2-7H,1H3;2*2H,1H3;2*1H;/q2*-1;;;;;+2/p-4. The van der Waals surface area contributed by atoms with Crippen molar-refractivity contribution in [2.75, 3.05) is 12.5 Å². The van der Waals surface area contributed by atoms with E-state index in [1.54, 1.807) is 12.5 Å². The molecule has 0 unspecified atom stereocenters. The molecule has 0 heterocycles. The summed E-state index contributed by atoms with van der Waals surface area (Å²) in [4.78, 5) is 0. The van der Waals surface area contributed by atoms with E-state index in [9.17, 15) is 0 Å². The number of benzene rings is 2. The van der Waals surface area contributed by atoms with Gasteiger partial charge in [0.15, 0.2) is 0 Å². The predicted molar refractivity (Wildman–Crippen MR) is 115 cm³/mol. The summed E-state index contributed by atoms with van der Waals surface area (Å²) in [5.74, 6) is 0. The number of halogens is 2. The summed E-state index contributed by atoms with van der Waals surface area (Å²) in [6, 6.07) is 25.7. The topological polar surface area (TPSA) is 0 Å². The first-order chi connectivity index (χ1) is 11.7. The quantitative estimate of drug-likeness (QED) is 0.241. The van der Waals surface area contributed by atoms with Crippen molar-refractivity contribution in [3.63, 3.8) is 0 Å². The minimum Gasteiger partial charge on any atom is -1.00 e. The zero-order valence-electron chi connectivity index (χ0n) is 16.0. The third kappa shape index (κ3) is 10.2. The first-order valence-corrected chi connectivity index (χ1v) is 9.41. The van der Waals surface area contributed by atoms with E-state index in [1.807, 2.05) is 0 Å². The number of hydrogen-bond acceptors (Lipinski definition) is 2. The van der Waals surface area contributed by atoms with E-state index >= 15 is 0 Å². The fourth-order valence-electron chi connectivity index (χ4n) is 2.61. The van der Waals surface area contributed by atoms with Crippen molar-refractivity contribution in [2.45, 2.75) is 13.8 Å². The SMILES string of the molecule is C[S-].C[S-].Cc1cc2ccccc2[cH-]1.Cc1cc2ccccc2[cH-]1.[Cl-].[Cl-].[Zr+2]. The Kier molecular flexibility index (Phi) is 20.9. The van der Waals surface area contributed by atoms with Crippen LogP contribution in [0.3, 0.4) is 0 Å². The Morgan fingerprint density at radius 1 is 0.593 bits per heavy atom. The van der Waals surface area contributed by atoms with Crippen LogP contribution in [0.4, 0.5) is 0 Å². The van der Waals surface area contributed by atoms with Crippen LogP contribution >= 0.6 is 0 Å². The first-order valence-electron chi connectivity index (χ1n) is 7.78. The molecule has 0 bridgehead atoms. The Morgan fingerprint density at radius 3 is 1.19 bits per heavy atom. The molecule has 0 aromatic heterocycles. The van der Waals surface area contributed by atoms with Crippen molar-refractivity contribution in [1.29, 1.82) is 0 Å². The van der Waals surface area contributed by atoms with Crippen LogP contribution in [0, 0.1) is 13.8 Å². The molecule has 0 N–H and O–H groups in total. The molecule has 4 rings (SSSR count). The van der Waals surface area contributed by atoms with Crippen molar-refractivity contribution >= 4 is 46.8 Å². The van der Waals surface area contributed by atoms with Crippen molar-refractivity contribution in [2.24, 2.45) is 0 Å². The molecule has 0 saturated heterocycles. The Bertz CT molecular complexity index is 715. The molecule has 0 spiro atoms. The summed E-state index contributed by atoms with van der Waals surface area (Å²) >= 11 is 8.17. The van der Waals surface area contributed by atoms with Gasteiger partial charge in [-0.2, -0.15) is 24.6 Å². The molecule has 0 nitrogen and oxygen atoms in total. The van der Waals surface area contributed by atoms with Gasteiger partial charge in [0.2, 0.25) is 0 Å². The molecule has 0 atom stereocenters. The monoisotopic (exact) mass is 512 g/mol. The maximum atomic E-state index is 4.08. The fraction of sp³-hybridized carbons (Fsp3) is 0.182. The average Bonchev–Trinajstić information content (AvgIpc) is 3.19. The molecule has 0 radical (unpaired) electrons. The average molecular weight is 515 g/mol. The van der Waals surface area contributed by atoms with Gasteiger partial charge in [-0.05, 0) is 0 Å². The van der Waals surface area contributed by atoms with E-state index in [1.165, 1.54) is 32.7 Å². The number of aryl methyl sites for hydroxylation is 2. The van der Waals surface area contributed by atoms with E-state index in [-0.39, 0.29) is 51.0 Å². The van der Waals surface area contributed by atoms with Crippen LogP contribution in [0.1, 0.15) is 11.1 Å². The van der Waals surface area contributed by atoms with E-state index in [0.717, 1.165) is 0 Å². The van der Waals surface area contributed by atoms with Gasteiger partial charge in [-0.1, -0.05) is 26.0 Å². The van der Waals surface area contributed by atoms with Crippen LogP contribution in [-0.2, 0) is 51.5 Å². The Balaban J connectivity index is -0.000000330. The van der Waals surface area contributed by atoms with E-state index in [4.69, 9.17) is 0 Å². The summed E-state index contributed by atoms with van der Waals surface area (Å²) in [5, 5.41) is 5.39. The van der Waals surface area contributed by atoms with Gasteiger partial charge >= 0.3 is 26.2 Å². The molecule has 0 aliphatic carbocycles. The predicted octanol–water partition coefficient (Wildman–Crippen LogP) is 0.0659. The molecule has 5 heteroatoms. The van der Waals surface area contributed by atoms with Crippen LogP contribution in [-0.4, -0.2) is 12.5 Å². The van der Waals surface area contributed by atoms with Gasteiger partial charge in [0, 0.05) is 0 Å². The third-order valence-corrected chi connectivity index (χ3v) is 3.52. The molecular weight excluding hydrogens is 491 g/mol. The number of rotatable bonds is 0. The molecular formula is C22H24Cl2S2Zr-4. The summed E-state index contributed by atoms with van der Waals surface area (Å²) in [5.41, 5.74) is 2.70. The van der Waals surface area contributed by atoms with E-state index in [2.05, 4.69) is 112 Å². The third-order valence-electron chi connectivity index (χ3n) is 3.52. The van der Waals surface area contributed by atoms with Crippen LogP contribution in [0.5, 0.6) is 0 Å². The summed E-state index contributed by atoms with van der Waals surface area (Å²) in [6.45, 7) is 4.25. The molecule has 4 aromatic rings. The smallest absolute Gasteiger partial charge is 1.00 e. The number of hydrogen-bond donors (Lipinski definition) is 0. The molecule has 146 valence electrons. The van der Waals surface area contributed by atoms with Gasteiger partial charge < -0.3 is 50.1 Å². The molecule has 0 fully saturated rings. The van der Waals surface area contributed by atoms with Gasteiger partial charge in [0.1, 0.15) is 0 Å². The molecule has 0 aliphatic heterocycles. The van der Waals surface area contributed by atoms with Crippen LogP contribution in [0.25, 0.3) is 21.5 Å². The zero-order valence-corrected chi connectivity index (χ0v) is 21.6. The summed E-state index contributed by atoms with van der Waals surface area (Å²) in [7, 11) is 0. The molecule has 27 heavy (non-hydrogen) atoms. The summed E-state index contributed by atoms with van der Waals surface area (Å²) < 4.78 is 0.